The zero-order valence-corrected chi connectivity index (χ0v) is 9.84. The first-order chi connectivity index (χ1) is 6.70. The van der Waals surface area contributed by atoms with Gasteiger partial charge in [0.1, 0.15) is 0 Å². The molecule has 0 unspecified atom stereocenters. The van der Waals surface area contributed by atoms with Crippen LogP contribution >= 0.6 is 0 Å². The molecular formula is C11H22N2O. The average Bonchev–Trinajstić information content (AvgIpc) is 2.52. The summed E-state index contributed by atoms with van der Waals surface area (Å²) in [6.45, 7) is 8.04. The molecule has 0 amide bonds. The maximum atomic E-state index is 4.60. The minimum Gasteiger partial charge on any atom is -0.340 e. The molecule has 0 fully saturated rings. The van der Waals surface area contributed by atoms with E-state index in [-0.39, 0.29) is 0 Å². The molecule has 1 aromatic rings. The predicted molar refractivity (Wildman–Crippen MR) is 58.2 cm³/mol. The SMILES string of the molecule is CCCCCCC.Cc1noc(C)n1. The standard InChI is InChI=1S/C7H16.C4H6N2O/c1-3-5-7-6-4-2;1-3-5-4(2)7-6-3/h3-7H2,1-2H3;1-2H3. The molecule has 1 aromatic heterocycles. The van der Waals surface area contributed by atoms with E-state index in [1.54, 1.807) is 13.8 Å². The van der Waals surface area contributed by atoms with Gasteiger partial charge in [-0.05, 0) is 6.92 Å². The van der Waals surface area contributed by atoms with Gasteiger partial charge in [-0.2, -0.15) is 4.98 Å². The van der Waals surface area contributed by atoms with Crippen molar-refractivity contribution in [3.63, 3.8) is 0 Å². The Balaban J connectivity index is 0.000000241. The van der Waals surface area contributed by atoms with Crippen LogP contribution in [-0.2, 0) is 0 Å². The number of hydrogen-bond acceptors (Lipinski definition) is 3. The van der Waals surface area contributed by atoms with Crippen LogP contribution in [0.3, 0.4) is 0 Å². The van der Waals surface area contributed by atoms with Crippen molar-refractivity contribution >= 4 is 0 Å². The summed E-state index contributed by atoms with van der Waals surface area (Å²) in [5.41, 5.74) is 0. The van der Waals surface area contributed by atoms with Gasteiger partial charge in [-0.1, -0.05) is 51.1 Å². The van der Waals surface area contributed by atoms with Crippen LogP contribution < -0.4 is 0 Å². The molecule has 0 aliphatic rings. The molecule has 0 saturated carbocycles. The zero-order chi connectivity index (χ0) is 10.8. The Morgan fingerprint density at radius 1 is 1.00 bits per heavy atom. The van der Waals surface area contributed by atoms with E-state index in [0.717, 1.165) is 0 Å². The van der Waals surface area contributed by atoms with E-state index in [9.17, 15) is 0 Å². The van der Waals surface area contributed by atoms with Gasteiger partial charge in [0.2, 0.25) is 5.89 Å². The maximum Gasteiger partial charge on any atom is 0.223 e. The first-order valence-corrected chi connectivity index (χ1v) is 5.47. The molecule has 3 heteroatoms. The number of aryl methyl sites for hydroxylation is 2. The molecule has 1 heterocycles. The molecule has 0 atom stereocenters. The van der Waals surface area contributed by atoms with Gasteiger partial charge in [0.25, 0.3) is 0 Å². The van der Waals surface area contributed by atoms with Gasteiger partial charge in [-0.15, -0.1) is 0 Å². The van der Waals surface area contributed by atoms with E-state index in [0.29, 0.717) is 11.7 Å². The summed E-state index contributed by atoms with van der Waals surface area (Å²) >= 11 is 0. The number of nitrogens with zero attached hydrogens (tertiary/aromatic N) is 2. The first kappa shape index (κ1) is 13.1. The van der Waals surface area contributed by atoms with Crippen molar-refractivity contribution in [3.8, 4) is 0 Å². The quantitative estimate of drug-likeness (QED) is 0.693. The highest BCUT2D eigenvalue weighted by Gasteiger charge is 1.89. The first-order valence-electron chi connectivity index (χ1n) is 5.47. The average molecular weight is 198 g/mol. The third-order valence-corrected chi connectivity index (χ3v) is 1.84. The fraction of sp³-hybridized carbons (Fsp3) is 0.818. The molecule has 14 heavy (non-hydrogen) atoms. The third-order valence-electron chi connectivity index (χ3n) is 1.84. The fourth-order valence-corrected chi connectivity index (χ4v) is 1.08. The van der Waals surface area contributed by atoms with Crippen molar-refractivity contribution < 1.29 is 4.52 Å². The predicted octanol–water partition coefficient (Wildman–Crippen LogP) is 3.66. The second-order valence-electron chi connectivity index (χ2n) is 3.42. The summed E-state index contributed by atoms with van der Waals surface area (Å²) in [6.07, 6.45) is 7.01. The Labute approximate surface area is 86.9 Å². The largest absolute Gasteiger partial charge is 0.340 e. The topological polar surface area (TPSA) is 38.9 Å². The molecule has 0 saturated heterocycles. The van der Waals surface area contributed by atoms with Crippen LogP contribution in [0.15, 0.2) is 4.52 Å². The highest BCUT2D eigenvalue weighted by atomic mass is 16.5. The van der Waals surface area contributed by atoms with Crippen molar-refractivity contribution in [2.24, 2.45) is 0 Å². The van der Waals surface area contributed by atoms with E-state index in [2.05, 4.69) is 28.5 Å². The van der Waals surface area contributed by atoms with E-state index in [4.69, 9.17) is 0 Å². The minimum atomic E-state index is 0.623. The summed E-state index contributed by atoms with van der Waals surface area (Å²) in [7, 11) is 0. The van der Waals surface area contributed by atoms with Gasteiger partial charge in [0.05, 0.1) is 0 Å². The van der Waals surface area contributed by atoms with Crippen molar-refractivity contribution in [2.75, 3.05) is 0 Å². The number of aromatic nitrogens is 2. The Morgan fingerprint density at radius 3 is 1.79 bits per heavy atom. The van der Waals surface area contributed by atoms with Gasteiger partial charge in [0, 0.05) is 6.92 Å². The Bertz CT molecular complexity index is 200. The van der Waals surface area contributed by atoms with E-state index in [1.807, 2.05) is 0 Å². The lowest BCUT2D eigenvalue weighted by molar-refractivity contribution is 0.389. The Kier molecular flexibility index (Phi) is 8.19. The van der Waals surface area contributed by atoms with Crippen LogP contribution in [0.25, 0.3) is 0 Å². The summed E-state index contributed by atoms with van der Waals surface area (Å²) in [6, 6.07) is 0. The van der Waals surface area contributed by atoms with Gasteiger partial charge in [-0.3, -0.25) is 0 Å². The molecular weight excluding hydrogens is 176 g/mol. The minimum absolute atomic E-state index is 0.623. The maximum absolute atomic E-state index is 4.60. The van der Waals surface area contributed by atoms with Crippen LogP contribution in [0.2, 0.25) is 0 Å². The molecule has 82 valence electrons. The lowest BCUT2D eigenvalue weighted by atomic mass is 10.2. The third kappa shape index (κ3) is 7.77. The normalized spacial score (nSPS) is 9.43. The Hall–Kier alpha value is -0.860. The van der Waals surface area contributed by atoms with E-state index < -0.39 is 0 Å². The second kappa shape index (κ2) is 8.73. The monoisotopic (exact) mass is 198 g/mol. The smallest absolute Gasteiger partial charge is 0.223 e. The van der Waals surface area contributed by atoms with Crippen molar-refractivity contribution in [3.05, 3.63) is 11.7 Å². The van der Waals surface area contributed by atoms with Crippen LogP contribution in [0.4, 0.5) is 0 Å². The van der Waals surface area contributed by atoms with Gasteiger partial charge in [-0.25, -0.2) is 0 Å². The summed E-state index contributed by atoms with van der Waals surface area (Å²) in [4.78, 5) is 3.83. The highest BCUT2D eigenvalue weighted by Crippen LogP contribution is 2.00. The molecule has 0 aromatic carbocycles. The molecule has 0 spiro atoms. The zero-order valence-electron chi connectivity index (χ0n) is 9.84. The van der Waals surface area contributed by atoms with Crippen molar-refractivity contribution in [2.45, 2.75) is 59.8 Å². The van der Waals surface area contributed by atoms with Crippen molar-refractivity contribution in [1.29, 1.82) is 0 Å². The van der Waals surface area contributed by atoms with Crippen LogP contribution in [0, 0.1) is 13.8 Å². The lowest BCUT2D eigenvalue weighted by Crippen LogP contribution is -1.70. The van der Waals surface area contributed by atoms with Crippen LogP contribution in [-0.4, -0.2) is 10.1 Å². The van der Waals surface area contributed by atoms with E-state index >= 15 is 0 Å². The molecule has 3 nitrogen and oxygen atoms in total. The summed E-state index contributed by atoms with van der Waals surface area (Å²) in [5.74, 6) is 1.31. The Morgan fingerprint density at radius 2 is 1.57 bits per heavy atom. The molecule has 1 rings (SSSR count). The number of unbranched alkanes of at least 4 members (excludes halogenated alkanes) is 4. The second-order valence-corrected chi connectivity index (χ2v) is 3.42. The van der Waals surface area contributed by atoms with Crippen LogP contribution in [0.5, 0.6) is 0 Å². The molecule has 0 N–H and O–H groups in total. The molecule has 0 aliphatic heterocycles. The highest BCUT2D eigenvalue weighted by molar-refractivity contribution is 4.77. The number of hydrogen-bond donors (Lipinski definition) is 0. The molecule has 0 bridgehead atoms. The molecule has 0 radical (unpaired) electrons. The van der Waals surface area contributed by atoms with E-state index in [1.165, 1.54) is 32.1 Å². The number of rotatable bonds is 4. The lowest BCUT2D eigenvalue weighted by Gasteiger charge is -1.90. The van der Waals surface area contributed by atoms with Gasteiger partial charge < -0.3 is 4.52 Å². The fourth-order valence-electron chi connectivity index (χ4n) is 1.08. The van der Waals surface area contributed by atoms with Crippen LogP contribution in [0.1, 0.15) is 57.7 Å². The molecule has 0 aliphatic carbocycles. The van der Waals surface area contributed by atoms with Gasteiger partial charge >= 0.3 is 0 Å². The van der Waals surface area contributed by atoms with Crippen molar-refractivity contribution in [1.82, 2.24) is 10.1 Å². The van der Waals surface area contributed by atoms with Gasteiger partial charge in [0.15, 0.2) is 5.82 Å². The summed E-state index contributed by atoms with van der Waals surface area (Å²) in [5, 5.41) is 3.53. The summed E-state index contributed by atoms with van der Waals surface area (Å²) < 4.78 is 4.60.